The van der Waals surface area contributed by atoms with E-state index in [-0.39, 0.29) is 0 Å². The van der Waals surface area contributed by atoms with Gasteiger partial charge in [-0.2, -0.15) is 5.10 Å². The molecule has 1 fully saturated rings. The van der Waals surface area contributed by atoms with Crippen LogP contribution in [0.15, 0.2) is 71.6 Å². The Bertz CT molecular complexity index is 1180. The Kier molecular flexibility index (Phi) is 5.27. The van der Waals surface area contributed by atoms with Crippen LogP contribution in [0.5, 0.6) is 0 Å². The molecule has 5 rings (SSSR count). The first-order valence-electron chi connectivity index (χ1n) is 10.3. The smallest absolute Gasteiger partial charge is 0.162 e. The van der Waals surface area contributed by atoms with Crippen LogP contribution in [-0.4, -0.2) is 52.7 Å². The van der Waals surface area contributed by atoms with Crippen LogP contribution < -0.4 is 4.90 Å². The summed E-state index contributed by atoms with van der Waals surface area (Å²) in [6.07, 6.45) is 6.80. The van der Waals surface area contributed by atoms with Crippen LogP contribution in [-0.2, 0) is 6.42 Å². The molecule has 1 aliphatic heterocycles. The number of rotatable bonds is 4. The van der Waals surface area contributed by atoms with Crippen LogP contribution in [0.4, 0.5) is 5.69 Å². The molecule has 3 heterocycles. The second kappa shape index (κ2) is 8.20. The van der Waals surface area contributed by atoms with Gasteiger partial charge in [0.05, 0.1) is 6.20 Å². The number of halogens is 1. The summed E-state index contributed by atoms with van der Waals surface area (Å²) in [4.78, 5) is 9.59. The van der Waals surface area contributed by atoms with Crippen LogP contribution >= 0.6 is 15.9 Å². The number of hydrogen-bond donors (Lipinski definition) is 0. The van der Waals surface area contributed by atoms with Gasteiger partial charge in [-0.05, 0) is 48.0 Å². The number of aromatic nitrogens is 3. The summed E-state index contributed by atoms with van der Waals surface area (Å²) in [6.45, 7) is 4.32. The van der Waals surface area contributed by atoms with E-state index in [2.05, 4.69) is 86.5 Å². The minimum absolute atomic E-state index is 0.830. The molecular formula is C24H24BrN5. The topological polar surface area (TPSA) is 36.7 Å². The van der Waals surface area contributed by atoms with Crippen LogP contribution in [0, 0.1) is 0 Å². The van der Waals surface area contributed by atoms with Gasteiger partial charge >= 0.3 is 0 Å². The predicted octanol–water partition coefficient (Wildman–Crippen LogP) is 4.50. The molecule has 0 unspecified atom stereocenters. The molecule has 30 heavy (non-hydrogen) atoms. The van der Waals surface area contributed by atoms with Crippen molar-refractivity contribution in [1.82, 2.24) is 19.5 Å². The number of fused-ring (bicyclic) bond motifs is 1. The highest BCUT2D eigenvalue weighted by molar-refractivity contribution is 9.10. The summed E-state index contributed by atoms with van der Waals surface area (Å²) in [5.74, 6) is 0. The standard InChI is InChI=1S/C24H24BrN5/c1-28-8-10-29(11-9-28)22-7-3-5-20(14-22)23-16-27-30-17-19(15-26-24(23)30)12-18-4-2-6-21(25)13-18/h2-7,13-17H,8-12H2,1H3. The Labute approximate surface area is 185 Å². The van der Waals surface area contributed by atoms with Crippen molar-refractivity contribution in [3.63, 3.8) is 0 Å². The molecule has 5 nitrogen and oxygen atoms in total. The van der Waals surface area contributed by atoms with Gasteiger partial charge in [0.15, 0.2) is 5.65 Å². The Morgan fingerprint density at radius 3 is 2.60 bits per heavy atom. The summed E-state index contributed by atoms with van der Waals surface area (Å²) in [5.41, 5.74) is 6.78. The van der Waals surface area contributed by atoms with Gasteiger partial charge in [-0.1, -0.05) is 40.2 Å². The number of benzene rings is 2. The first kappa shape index (κ1) is 19.3. The maximum Gasteiger partial charge on any atom is 0.162 e. The monoisotopic (exact) mass is 461 g/mol. The van der Waals surface area contributed by atoms with Crippen molar-refractivity contribution in [3.8, 4) is 11.1 Å². The molecule has 0 radical (unpaired) electrons. The molecule has 1 aliphatic rings. The van der Waals surface area contributed by atoms with Crippen LogP contribution in [0.3, 0.4) is 0 Å². The fraction of sp³-hybridized carbons (Fsp3) is 0.250. The molecule has 0 spiro atoms. The summed E-state index contributed by atoms with van der Waals surface area (Å²) >= 11 is 3.54. The zero-order valence-electron chi connectivity index (χ0n) is 17.0. The van der Waals surface area contributed by atoms with E-state index >= 15 is 0 Å². The van der Waals surface area contributed by atoms with Gasteiger partial charge in [0.1, 0.15) is 0 Å². The zero-order valence-corrected chi connectivity index (χ0v) is 18.6. The normalized spacial score (nSPS) is 15.1. The highest BCUT2D eigenvalue weighted by Crippen LogP contribution is 2.28. The fourth-order valence-corrected chi connectivity index (χ4v) is 4.47. The number of hydrogen-bond acceptors (Lipinski definition) is 4. The van der Waals surface area contributed by atoms with Crippen molar-refractivity contribution in [1.29, 1.82) is 0 Å². The van der Waals surface area contributed by atoms with Crippen molar-refractivity contribution in [2.45, 2.75) is 6.42 Å². The molecule has 1 saturated heterocycles. The molecule has 2 aromatic carbocycles. The van der Waals surface area contributed by atoms with Crippen molar-refractivity contribution < 1.29 is 0 Å². The molecular weight excluding hydrogens is 438 g/mol. The van der Waals surface area contributed by atoms with E-state index in [4.69, 9.17) is 4.98 Å². The predicted molar refractivity (Wildman–Crippen MR) is 125 cm³/mol. The molecule has 0 atom stereocenters. The molecule has 0 aliphatic carbocycles. The molecule has 6 heteroatoms. The van der Waals surface area contributed by atoms with Crippen LogP contribution in [0.25, 0.3) is 16.8 Å². The van der Waals surface area contributed by atoms with Gasteiger partial charge in [-0.25, -0.2) is 9.50 Å². The Morgan fingerprint density at radius 1 is 0.933 bits per heavy atom. The summed E-state index contributed by atoms with van der Waals surface area (Å²) in [7, 11) is 2.18. The highest BCUT2D eigenvalue weighted by atomic mass is 79.9. The third-order valence-corrected chi connectivity index (χ3v) is 6.23. The van der Waals surface area contributed by atoms with Crippen molar-refractivity contribution >= 4 is 27.3 Å². The van der Waals surface area contributed by atoms with Gasteiger partial charge < -0.3 is 9.80 Å². The minimum Gasteiger partial charge on any atom is -0.369 e. The van der Waals surface area contributed by atoms with Gasteiger partial charge in [-0.15, -0.1) is 0 Å². The quantitative estimate of drug-likeness (QED) is 0.448. The van der Waals surface area contributed by atoms with Crippen molar-refractivity contribution in [2.24, 2.45) is 0 Å². The van der Waals surface area contributed by atoms with Crippen LogP contribution in [0.1, 0.15) is 11.1 Å². The van der Waals surface area contributed by atoms with E-state index in [9.17, 15) is 0 Å². The maximum atomic E-state index is 4.76. The molecule has 0 saturated carbocycles. The van der Waals surface area contributed by atoms with Gasteiger partial charge in [0, 0.05) is 60.7 Å². The lowest BCUT2D eigenvalue weighted by Gasteiger charge is -2.34. The number of likely N-dealkylation sites (N-methyl/N-ethyl adjacent to an activating group) is 1. The first-order chi connectivity index (χ1) is 14.7. The van der Waals surface area contributed by atoms with E-state index in [0.717, 1.165) is 59.4 Å². The van der Waals surface area contributed by atoms with E-state index < -0.39 is 0 Å². The van der Waals surface area contributed by atoms with Crippen LogP contribution in [0.2, 0.25) is 0 Å². The lowest BCUT2D eigenvalue weighted by Crippen LogP contribution is -2.44. The average Bonchev–Trinajstić information content (AvgIpc) is 3.18. The lowest BCUT2D eigenvalue weighted by molar-refractivity contribution is 0.313. The average molecular weight is 462 g/mol. The number of anilines is 1. The summed E-state index contributed by atoms with van der Waals surface area (Å²) in [6, 6.07) is 17.1. The number of piperazine rings is 1. The summed E-state index contributed by atoms with van der Waals surface area (Å²) in [5, 5.41) is 4.59. The lowest BCUT2D eigenvalue weighted by atomic mass is 10.1. The van der Waals surface area contributed by atoms with E-state index in [1.807, 2.05) is 23.0 Å². The zero-order chi connectivity index (χ0) is 20.5. The van der Waals surface area contributed by atoms with Crippen molar-refractivity contribution in [3.05, 3.63) is 82.7 Å². The van der Waals surface area contributed by atoms with Gasteiger partial charge in [0.2, 0.25) is 0 Å². The van der Waals surface area contributed by atoms with E-state index in [1.54, 1.807) is 0 Å². The second-order valence-corrected chi connectivity index (χ2v) is 8.85. The maximum absolute atomic E-state index is 4.76. The Morgan fingerprint density at radius 2 is 1.77 bits per heavy atom. The molecule has 2 aromatic heterocycles. The number of nitrogens with zero attached hydrogens (tertiary/aromatic N) is 5. The fourth-order valence-electron chi connectivity index (χ4n) is 4.03. The van der Waals surface area contributed by atoms with Gasteiger partial charge in [-0.3, -0.25) is 0 Å². The van der Waals surface area contributed by atoms with E-state index in [0.29, 0.717) is 0 Å². The SMILES string of the molecule is CN1CCN(c2cccc(-c3cnn4cc(Cc5cccc(Br)c5)cnc34)c2)CC1. The molecule has 0 bridgehead atoms. The third-order valence-electron chi connectivity index (χ3n) is 5.73. The summed E-state index contributed by atoms with van der Waals surface area (Å²) < 4.78 is 2.99. The third kappa shape index (κ3) is 3.98. The molecule has 4 aromatic rings. The Balaban J connectivity index is 1.42. The first-order valence-corrected chi connectivity index (χ1v) is 11.1. The molecule has 152 valence electrons. The van der Waals surface area contributed by atoms with Gasteiger partial charge in [0.25, 0.3) is 0 Å². The van der Waals surface area contributed by atoms with Crippen molar-refractivity contribution in [2.75, 3.05) is 38.1 Å². The second-order valence-electron chi connectivity index (χ2n) is 7.94. The molecule has 0 N–H and O–H groups in total. The largest absolute Gasteiger partial charge is 0.369 e. The van der Waals surface area contributed by atoms with E-state index in [1.165, 1.54) is 11.3 Å². The molecule has 0 amide bonds. The minimum atomic E-state index is 0.830. The Hall–Kier alpha value is -2.70. The highest BCUT2D eigenvalue weighted by Gasteiger charge is 2.16.